The molecule has 2 unspecified atom stereocenters. The van der Waals surface area contributed by atoms with Crippen LogP contribution in [-0.2, 0) is 14.6 Å². The van der Waals surface area contributed by atoms with Crippen LogP contribution in [-0.4, -0.2) is 48.5 Å². The second kappa shape index (κ2) is 3.92. The van der Waals surface area contributed by atoms with Crippen LogP contribution in [0.3, 0.4) is 0 Å². The molecular weight excluding hydrogens is 222 g/mol. The largest absolute Gasteiger partial charge is 0.479 e. The van der Waals surface area contributed by atoms with E-state index in [2.05, 4.69) is 5.32 Å². The van der Waals surface area contributed by atoms with Crippen molar-refractivity contribution in [2.45, 2.75) is 18.6 Å². The Morgan fingerprint density at radius 2 is 2.27 bits per heavy atom. The Labute approximate surface area is 87.5 Å². The van der Waals surface area contributed by atoms with Gasteiger partial charge in [0, 0.05) is 18.0 Å². The molecule has 0 saturated heterocycles. The Kier molecular flexibility index (Phi) is 3.17. The monoisotopic (exact) mass is 235 g/mol. The molecule has 0 radical (unpaired) electrons. The van der Waals surface area contributed by atoms with E-state index < -0.39 is 27.4 Å². The molecule has 6 nitrogen and oxygen atoms in total. The van der Waals surface area contributed by atoms with E-state index in [1.165, 1.54) is 6.08 Å². The number of aliphatic hydroxyl groups is 1. The molecule has 3 N–H and O–H groups in total. The Balaban J connectivity index is 2.47. The Hall–Kier alpha value is -0.920. The molecule has 0 amide bonds. The first kappa shape index (κ1) is 12.2. The van der Waals surface area contributed by atoms with Gasteiger partial charge in [0.25, 0.3) is 0 Å². The van der Waals surface area contributed by atoms with Crippen molar-refractivity contribution in [1.29, 1.82) is 0 Å². The lowest BCUT2D eigenvalue weighted by Crippen LogP contribution is -2.48. The molecule has 0 fully saturated rings. The molecule has 0 spiro atoms. The van der Waals surface area contributed by atoms with Gasteiger partial charge in [-0.25, -0.2) is 13.2 Å². The number of nitrogens with one attached hydrogen (secondary N) is 1. The molecule has 0 aliphatic carbocycles. The summed E-state index contributed by atoms with van der Waals surface area (Å²) in [5.41, 5.74) is -1.89. The van der Waals surface area contributed by atoms with Crippen LogP contribution >= 0.6 is 0 Å². The minimum atomic E-state index is -3.16. The third kappa shape index (κ3) is 3.29. The number of rotatable bonds is 4. The van der Waals surface area contributed by atoms with Gasteiger partial charge in [-0.3, -0.25) is 0 Å². The zero-order valence-corrected chi connectivity index (χ0v) is 8.99. The molecule has 0 aromatic heterocycles. The summed E-state index contributed by atoms with van der Waals surface area (Å²) >= 11 is 0. The Morgan fingerprint density at radius 1 is 1.67 bits per heavy atom. The lowest BCUT2D eigenvalue weighted by molar-refractivity contribution is -0.156. The van der Waals surface area contributed by atoms with Crippen molar-refractivity contribution in [3.63, 3.8) is 0 Å². The number of carboxylic acids is 1. The zero-order chi connectivity index (χ0) is 11.7. The average Bonchev–Trinajstić information content (AvgIpc) is 2.42. The van der Waals surface area contributed by atoms with Crippen LogP contribution in [0.15, 0.2) is 11.5 Å². The SMILES string of the molecule is CC(O)(CNC1C=CS(=O)(=O)C1)C(=O)O. The smallest absolute Gasteiger partial charge is 0.336 e. The predicted octanol–water partition coefficient (Wildman–Crippen LogP) is -1.28. The van der Waals surface area contributed by atoms with Crippen molar-refractivity contribution in [3.8, 4) is 0 Å². The summed E-state index contributed by atoms with van der Waals surface area (Å²) in [6.07, 6.45) is 1.44. The van der Waals surface area contributed by atoms with Crippen molar-refractivity contribution in [1.82, 2.24) is 5.32 Å². The molecule has 0 aromatic rings. The maximum Gasteiger partial charge on any atom is 0.336 e. The van der Waals surface area contributed by atoms with Gasteiger partial charge in [-0.15, -0.1) is 0 Å². The van der Waals surface area contributed by atoms with Crippen molar-refractivity contribution in [2.24, 2.45) is 0 Å². The molecule has 0 bridgehead atoms. The predicted molar refractivity (Wildman–Crippen MR) is 53.0 cm³/mol. The minimum absolute atomic E-state index is 0.0945. The number of carboxylic acid groups (broad SMARTS) is 1. The summed E-state index contributed by atoms with van der Waals surface area (Å²) in [5, 5.41) is 21.7. The van der Waals surface area contributed by atoms with E-state index in [9.17, 15) is 18.3 Å². The minimum Gasteiger partial charge on any atom is -0.479 e. The quantitative estimate of drug-likeness (QED) is 0.561. The first-order valence-corrected chi connectivity index (χ1v) is 6.05. The van der Waals surface area contributed by atoms with E-state index in [1.807, 2.05) is 0 Å². The molecule has 86 valence electrons. The van der Waals surface area contributed by atoms with Gasteiger partial charge in [0.15, 0.2) is 15.4 Å². The van der Waals surface area contributed by atoms with Gasteiger partial charge in [0.1, 0.15) is 0 Å². The molecule has 0 aromatic carbocycles. The molecule has 1 rings (SSSR count). The van der Waals surface area contributed by atoms with E-state index in [-0.39, 0.29) is 12.3 Å². The van der Waals surface area contributed by atoms with Gasteiger partial charge in [-0.1, -0.05) is 6.08 Å². The van der Waals surface area contributed by atoms with Crippen LogP contribution in [0.5, 0.6) is 0 Å². The van der Waals surface area contributed by atoms with Gasteiger partial charge in [-0.05, 0) is 6.92 Å². The topological polar surface area (TPSA) is 104 Å². The molecule has 1 aliphatic rings. The van der Waals surface area contributed by atoms with E-state index in [1.54, 1.807) is 0 Å². The van der Waals surface area contributed by atoms with Gasteiger partial charge in [-0.2, -0.15) is 0 Å². The summed E-state index contributed by atoms with van der Waals surface area (Å²) in [7, 11) is -3.16. The van der Waals surface area contributed by atoms with Gasteiger partial charge in [0.2, 0.25) is 0 Å². The van der Waals surface area contributed by atoms with Crippen LogP contribution < -0.4 is 5.32 Å². The summed E-state index contributed by atoms with van der Waals surface area (Å²) in [4.78, 5) is 10.5. The molecular formula is C8H13NO5S. The lowest BCUT2D eigenvalue weighted by atomic mass is 10.1. The number of hydrogen-bond donors (Lipinski definition) is 3. The van der Waals surface area contributed by atoms with Crippen LogP contribution in [0.2, 0.25) is 0 Å². The van der Waals surface area contributed by atoms with Gasteiger partial charge < -0.3 is 15.5 Å². The van der Waals surface area contributed by atoms with Crippen LogP contribution in [0.4, 0.5) is 0 Å². The molecule has 7 heteroatoms. The molecule has 2 atom stereocenters. The van der Waals surface area contributed by atoms with Crippen molar-refractivity contribution in [2.75, 3.05) is 12.3 Å². The number of carbonyl (C=O) groups is 1. The Morgan fingerprint density at radius 3 is 2.67 bits per heavy atom. The third-order valence-electron chi connectivity index (χ3n) is 2.10. The fourth-order valence-corrected chi connectivity index (χ4v) is 2.38. The summed E-state index contributed by atoms with van der Waals surface area (Å²) in [5.74, 6) is -1.44. The highest BCUT2D eigenvalue weighted by molar-refractivity contribution is 7.94. The normalized spacial score (nSPS) is 27.5. The van der Waals surface area contributed by atoms with Crippen LogP contribution in [0.25, 0.3) is 0 Å². The standard InChI is InChI=1S/C8H13NO5S/c1-8(12,7(10)11)5-9-6-2-3-15(13,14)4-6/h2-3,6,9,12H,4-5H2,1H3,(H,10,11). The Bertz CT molecular complexity index is 384. The number of sulfone groups is 1. The van der Waals surface area contributed by atoms with E-state index in [4.69, 9.17) is 5.11 Å². The zero-order valence-electron chi connectivity index (χ0n) is 8.17. The maximum absolute atomic E-state index is 11.0. The van der Waals surface area contributed by atoms with E-state index >= 15 is 0 Å². The van der Waals surface area contributed by atoms with E-state index in [0.29, 0.717) is 0 Å². The summed E-state index contributed by atoms with van der Waals surface area (Å²) in [6, 6.07) is -0.430. The molecule has 15 heavy (non-hydrogen) atoms. The van der Waals surface area contributed by atoms with Crippen molar-refractivity contribution >= 4 is 15.8 Å². The third-order valence-corrected chi connectivity index (χ3v) is 3.49. The molecule has 1 aliphatic heterocycles. The summed E-state index contributed by atoms with van der Waals surface area (Å²) < 4.78 is 22.0. The highest BCUT2D eigenvalue weighted by Crippen LogP contribution is 2.09. The van der Waals surface area contributed by atoms with Gasteiger partial charge in [0.05, 0.1) is 5.75 Å². The summed E-state index contributed by atoms with van der Waals surface area (Å²) in [6.45, 7) is 0.947. The highest BCUT2D eigenvalue weighted by atomic mass is 32.2. The van der Waals surface area contributed by atoms with E-state index in [0.717, 1.165) is 12.3 Å². The van der Waals surface area contributed by atoms with Crippen LogP contribution in [0, 0.1) is 0 Å². The number of aliphatic carboxylic acids is 1. The second-order valence-electron chi connectivity index (χ2n) is 3.72. The molecule has 0 saturated carbocycles. The van der Waals surface area contributed by atoms with Crippen molar-refractivity contribution < 1.29 is 23.4 Å². The second-order valence-corrected chi connectivity index (χ2v) is 5.66. The first-order valence-electron chi connectivity index (χ1n) is 4.33. The molecule has 1 heterocycles. The maximum atomic E-state index is 11.0. The van der Waals surface area contributed by atoms with Crippen LogP contribution in [0.1, 0.15) is 6.92 Å². The van der Waals surface area contributed by atoms with Gasteiger partial charge >= 0.3 is 5.97 Å². The van der Waals surface area contributed by atoms with Crippen molar-refractivity contribution in [3.05, 3.63) is 11.5 Å². The fraction of sp³-hybridized carbons (Fsp3) is 0.625. The highest BCUT2D eigenvalue weighted by Gasteiger charge is 2.31. The fourth-order valence-electron chi connectivity index (χ4n) is 1.11. The average molecular weight is 235 g/mol. The number of hydrogen-bond acceptors (Lipinski definition) is 5. The lowest BCUT2D eigenvalue weighted by Gasteiger charge is -2.20. The first-order chi connectivity index (χ1) is 6.73.